The van der Waals surface area contributed by atoms with Crippen molar-refractivity contribution in [3.8, 4) is 0 Å². The van der Waals surface area contributed by atoms with Crippen molar-refractivity contribution in [3.63, 3.8) is 0 Å². The second-order valence-corrected chi connectivity index (χ2v) is 7.64. The maximum atomic E-state index is 12.3. The number of hydrogen-bond acceptors (Lipinski definition) is 6. The molecule has 2 N–H and O–H groups in total. The molecule has 0 radical (unpaired) electrons. The molecule has 0 saturated carbocycles. The largest absolute Gasteiger partial charge is 0.468 e. The summed E-state index contributed by atoms with van der Waals surface area (Å²) in [5.41, 5.74) is 1.29. The number of carbonyl (C=O) groups excluding carboxylic acids is 2. The van der Waals surface area contributed by atoms with E-state index < -0.39 is 0 Å². The highest BCUT2D eigenvalue weighted by molar-refractivity contribution is 7.98. The Morgan fingerprint density at radius 3 is 2.59 bits per heavy atom. The number of ether oxygens (including phenoxy) is 2. The summed E-state index contributed by atoms with van der Waals surface area (Å²) in [6.07, 6.45) is 0.291. The summed E-state index contributed by atoms with van der Waals surface area (Å²) in [6.45, 7) is 9.16. The van der Waals surface area contributed by atoms with E-state index in [-0.39, 0.29) is 11.9 Å². The van der Waals surface area contributed by atoms with Crippen LogP contribution in [0.3, 0.4) is 0 Å². The normalized spacial score (nSPS) is 16.1. The van der Waals surface area contributed by atoms with Crippen molar-refractivity contribution in [2.24, 2.45) is 5.92 Å². The maximum Gasteiger partial charge on any atom is 0.293 e. The molecule has 0 bridgehead atoms. The summed E-state index contributed by atoms with van der Waals surface area (Å²) in [6, 6.07) is 10.2. The van der Waals surface area contributed by atoms with Crippen molar-refractivity contribution >= 4 is 24.1 Å². The lowest BCUT2D eigenvalue weighted by molar-refractivity contribution is -0.128. The molecule has 152 valence electrons. The molecule has 0 aromatic heterocycles. The van der Waals surface area contributed by atoms with E-state index in [0.717, 1.165) is 31.2 Å². The molecule has 1 saturated heterocycles. The molecule has 1 heterocycles. The average molecular weight is 397 g/mol. The Bertz CT molecular complexity index is 524. The van der Waals surface area contributed by atoms with Crippen LogP contribution in [0.4, 0.5) is 0 Å². The third-order valence-electron chi connectivity index (χ3n) is 3.63. The van der Waals surface area contributed by atoms with Crippen LogP contribution in [0.15, 0.2) is 30.3 Å². The Balaban J connectivity index is 0.000000646. The Hall–Kier alpha value is -1.57. The number of nitrogens with one attached hydrogen (secondary N) is 2. The Morgan fingerprint density at radius 2 is 2.07 bits per heavy atom. The van der Waals surface area contributed by atoms with E-state index in [1.165, 1.54) is 5.56 Å². The van der Waals surface area contributed by atoms with Crippen LogP contribution in [0, 0.1) is 5.92 Å². The minimum absolute atomic E-state index is 0.0925. The van der Waals surface area contributed by atoms with Gasteiger partial charge >= 0.3 is 0 Å². The summed E-state index contributed by atoms with van der Waals surface area (Å²) >= 11 is 1.78. The van der Waals surface area contributed by atoms with Crippen LogP contribution in [0.25, 0.3) is 0 Å². The summed E-state index contributed by atoms with van der Waals surface area (Å²) < 4.78 is 9.36. The third-order valence-corrected chi connectivity index (χ3v) is 4.73. The molecule has 2 rings (SSSR count). The average Bonchev–Trinajstić information content (AvgIpc) is 3.49. The van der Waals surface area contributed by atoms with E-state index in [4.69, 9.17) is 4.74 Å². The SMILES string of the molecule is CC(C)CNC(=O)C(CSCc1ccccc1)NCC1CO1.CCOC=O. The number of thioether (sulfide) groups is 1. The van der Waals surface area contributed by atoms with E-state index in [0.29, 0.717) is 25.1 Å². The molecule has 1 aliphatic heterocycles. The van der Waals surface area contributed by atoms with E-state index in [2.05, 4.69) is 41.4 Å². The zero-order chi connectivity index (χ0) is 19.9. The molecule has 27 heavy (non-hydrogen) atoms. The van der Waals surface area contributed by atoms with Crippen LogP contribution >= 0.6 is 11.8 Å². The number of benzene rings is 1. The molecule has 1 aromatic rings. The highest BCUT2D eigenvalue weighted by atomic mass is 32.2. The Kier molecular flexibility index (Phi) is 12.6. The van der Waals surface area contributed by atoms with Gasteiger partial charge in [-0.3, -0.25) is 9.59 Å². The zero-order valence-corrected chi connectivity index (χ0v) is 17.3. The maximum absolute atomic E-state index is 12.3. The van der Waals surface area contributed by atoms with E-state index in [9.17, 15) is 9.59 Å². The molecule has 1 fully saturated rings. The number of amides is 1. The molecule has 0 spiro atoms. The molecule has 2 unspecified atom stereocenters. The first kappa shape index (κ1) is 23.5. The first-order chi connectivity index (χ1) is 13.1. The standard InChI is InChI=1S/C17H26N2O2S.C3H6O2/c1-13(2)8-19-17(20)16(18-9-15-10-21-15)12-22-11-14-6-4-3-5-7-14;1-2-5-3-4/h3-7,13,15-16,18H,8-12H2,1-2H3,(H,19,20);3H,2H2,1H3. The Morgan fingerprint density at radius 1 is 1.37 bits per heavy atom. The highest BCUT2D eigenvalue weighted by Crippen LogP contribution is 2.14. The van der Waals surface area contributed by atoms with E-state index >= 15 is 0 Å². The lowest BCUT2D eigenvalue weighted by Crippen LogP contribution is -2.47. The van der Waals surface area contributed by atoms with Gasteiger partial charge < -0.3 is 20.1 Å². The number of hydrogen-bond donors (Lipinski definition) is 2. The van der Waals surface area contributed by atoms with Crippen molar-refractivity contribution in [2.75, 3.05) is 32.1 Å². The number of carbonyl (C=O) groups is 2. The van der Waals surface area contributed by atoms with E-state index in [1.807, 2.05) is 18.2 Å². The van der Waals surface area contributed by atoms with Gasteiger partial charge in [-0.25, -0.2) is 0 Å². The minimum Gasteiger partial charge on any atom is -0.468 e. The first-order valence-electron chi connectivity index (χ1n) is 9.36. The van der Waals surface area contributed by atoms with Crippen molar-refractivity contribution in [3.05, 3.63) is 35.9 Å². The van der Waals surface area contributed by atoms with Gasteiger partial charge in [-0.05, 0) is 18.4 Å². The monoisotopic (exact) mass is 396 g/mol. The second-order valence-electron chi connectivity index (χ2n) is 6.61. The second kappa shape index (κ2) is 14.5. The quantitative estimate of drug-likeness (QED) is 0.417. The fraction of sp³-hybridized carbons (Fsp3) is 0.600. The van der Waals surface area contributed by atoms with Gasteiger partial charge in [-0.2, -0.15) is 11.8 Å². The van der Waals surface area contributed by atoms with Crippen molar-refractivity contribution in [1.82, 2.24) is 10.6 Å². The predicted molar refractivity (Wildman–Crippen MR) is 110 cm³/mol. The lowest BCUT2D eigenvalue weighted by Gasteiger charge is -2.18. The first-order valence-corrected chi connectivity index (χ1v) is 10.5. The number of rotatable bonds is 12. The van der Waals surface area contributed by atoms with Gasteiger partial charge in [-0.1, -0.05) is 44.2 Å². The molecule has 0 aliphatic carbocycles. The Labute approximate surface area is 166 Å². The van der Waals surface area contributed by atoms with Gasteiger partial charge in [0.1, 0.15) is 0 Å². The lowest BCUT2D eigenvalue weighted by atomic mass is 10.2. The predicted octanol–water partition coefficient (Wildman–Crippen LogP) is 2.23. The van der Waals surface area contributed by atoms with Gasteiger partial charge in [0, 0.05) is 24.6 Å². The fourth-order valence-corrected chi connectivity index (χ4v) is 3.10. The van der Waals surface area contributed by atoms with Crippen molar-refractivity contribution < 1.29 is 19.1 Å². The van der Waals surface area contributed by atoms with Crippen LogP contribution in [-0.2, 0) is 24.8 Å². The summed E-state index contributed by atoms with van der Waals surface area (Å²) in [5.74, 6) is 2.25. The summed E-state index contributed by atoms with van der Waals surface area (Å²) in [4.78, 5) is 21.5. The van der Waals surface area contributed by atoms with Crippen molar-refractivity contribution in [2.45, 2.75) is 38.7 Å². The third kappa shape index (κ3) is 12.4. The van der Waals surface area contributed by atoms with E-state index in [1.54, 1.807) is 18.7 Å². The smallest absolute Gasteiger partial charge is 0.293 e. The molecule has 2 atom stereocenters. The summed E-state index contributed by atoms with van der Waals surface area (Å²) in [5, 5.41) is 6.35. The molecule has 6 nitrogen and oxygen atoms in total. The fourth-order valence-electron chi connectivity index (χ4n) is 2.05. The molecule has 1 aliphatic rings. The van der Waals surface area contributed by atoms with Gasteiger partial charge in [0.25, 0.3) is 6.47 Å². The molecule has 1 aromatic carbocycles. The summed E-state index contributed by atoms with van der Waals surface area (Å²) in [7, 11) is 0. The zero-order valence-electron chi connectivity index (χ0n) is 16.5. The van der Waals surface area contributed by atoms with Crippen LogP contribution in [-0.4, -0.2) is 56.6 Å². The van der Waals surface area contributed by atoms with Crippen LogP contribution in [0.1, 0.15) is 26.3 Å². The topological polar surface area (TPSA) is 80.0 Å². The molecule has 7 heteroatoms. The molecular formula is C20H32N2O4S. The van der Waals surface area contributed by atoms with Crippen LogP contribution < -0.4 is 10.6 Å². The van der Waals surface area contributed by atoms with Gasteiger partial charge in [0.2, 0.25) is 5.91 Å². The van der Waals surface area contributed by atoms with Gasteiger partial charge in [-0.15, -0.1) is 0 Å². The van der Waals surface area contributed by atoms with Crippen molar-refractivity contribution in [1.29, 1.82) is 0 Å². The molecule has 1 amide bonds. The van der Waals surface area contributed by atoms with Gasteiger partial charge in [0.15, 0.2) is 0 Å². The van der Waals surface area contributed by atoms with Gasteiger partial charge in [0.05, 0.1) is 25.4 Å². The minimum atomic E-state index is -0.156. The number of epoxide rings is 1. The van der Waals surface area contributed by atoms with Crippen LogP contribution in [0.5, 0.6) is 0 Å². The highest BCUT2D eigenvalue weighted by Gasteiger charge is 2.25. The molecular weight excluding hydrogens is 364 g/mol. The van der Waals surface area contributed by atoms with Crippen LogP contribution in [0.2, 0.25) is 0 Å².